The SMILES string of the molecule is NCCOCCOc1ccc(-c2cc(=O)c3ccccc3o2)cc1. The average molecular weight is 325 g/mol. The van der Waals surface area contributed by atoms with E-state index in [1.54, 1.807) is 12.1 Å². The lowest BCUT2D eigenvalue weighted by Crippen LogP contribution is -2.13. The number of fused-ring (bicyclic) bond motifs is 1. The second-order valence-corrected chi connectivity index (χ2v) is 5.24. The Bertz CT molecular complexity index is 855. The van der Waals surface area contributed by atoms with Gasteiger partial charge in [0.25, 0.3) is 0 Å². The van der Waals surface area contributed by atoms with Gasteiger partial charge in [0.05, 0.1) is 18.6 Å². The van der Waals surface area contributed by atoms with Crippen molar-refractivity contribution in [3.63, 3.8) is 0 Å². The lowest BCUT2D eigenvalue weighted by Gasteiger charge is -2.08. The fraction of sp³-hybridized carbons (Fsp3) is 0.211. The zero-order valence-electron chi connectivity index (χ0n) is 13.2. The summed E-state index contributed by atoms with van der Waals surface area (Å²) in [5.41, 5.74) is 6.70. The molecule has 1 aromatic heterocycles. The molecule has 0 fully saturated rings. The van der Waals surface area contributed by atoms with Gasteiger partial charge in [-0.05, 0) is 36.4 Å². The summed E-state index contributed by atoms with van der Waals surface area (Å²) >= 11 is 0. The first-order valence-electron chi connectivity index (χ1n) is 7.82. The topological polar surface area (TPSA) is 74.7 Å². The van der Waals surface area contributed by atoms with E-state index in [9.17, 15) is 4.79 Å². The van der Waals surface area contributed by atoms with Crippen LogP contribution in [0.2, 0.25) is 0 Å². The Kier molecular flexibility index (Phi) is 5.25. The van der Waals surface area contributed by atoms with E-state index in [-0.39, 0.29) is 5.43 Å². The molecule has 0 aliphatic carbocycles. The van der Waals surface area contributed by atoms with Crippen LogP contribution in [0.5, 0.6) is 5.75 Å². The van der Waals surface area contributed by atoms with Gasteiger partial charge in [-0.25, -0.2) is 0 Å². The fourth-order valence-corrected chi connectivity index (χ4v) is 2.37. The maximum Gasteiger partial charge on any atom is 0.193 e. The normalized spacial score (nSPS) is 10.9. The Morgan fingerprint density at radius 1 is 0.958 bits per heavy atom. The zero-order valence-corrected chi connectivity index (χ0v) is 13.2. The Hall–Kier alpha value is -2.63. The Balaban J connectivity index is 1.73. The number of hydrogen-bond donors (Lipinski definition) is 1. The smallest absolute Gasteiger partial charge is 0.193 e. The standard InChI is InChI=1S/C19H19NO4/c20-9-10-22-11-12-23-15-7-5-14(6-8-15)19-13-17(21)16-3-1-2-4-18(16)24-19/h1-8,13H,9-12,20H2. The third-order valence-electron chi connectivity index (χ3n) is 3.53. The number of hydrogen-bond acceptors (Lipinski definition) is 5. The molecule has 0 aliphatic rings. The quantitative estimate of drug-likeness (QED) is 0.676. The Morgan fingerprint density at radius 2 is 1.75 bits per heavy atom. The molecule has 0 spiro atoms. The van der Waals surface area contributed by atoms with Crippen LogP contribution in [0.3, 0.4) is 0 Å². The maximum atomic E-state index is 12.2. The van der Waals surface area contributed by atoms with Crippen LogP contribution in [0, 0.1) is 0 Å². The highest BCUT2D eigenvalue weighted by atomic mass is 16.5. The van der Waals surface area contributed by atoms with Gasteiger partial charge in [0, 0.05) is 18.2 Å². The third kappa shape index (κ3) is 3.82. The highest BCUT2D eigenvalue weighted by Gasteiger charge is 2.06. The van der Waals surface area contributed by atoms with Gasteiger partial charge in [-0.15, -0.1) is 0 Å². The van der Waals surface area contributed by atoms with E-state index in [1.807, 2.05) is 36.4 Å². The number of rotatable bonds is 7. The van der Waals surface area contributed by atoms with Gasteiger partial charge >= 0.3 is 0 Å². The zero-order chi connectivity index (χ0) is 16.8. The summed E-state index contributed by atoms with van der Waals surface area (Å²) in [7, 11) is 0. The molecule has 0 saturated carbocycles. The van der Waals surface area contributed by atoms with E-state index in [4.69, 9.17) is 19.6 Å². The molecule has 5 nitrogen and oxygen atoms in total. The van der Waals surface area contributed by atoms with Crippen LogP contribution in [-0.2, 0) is 4.74 Å². The molecule has 1 heterocycles. The molecule has 0 aliphatic heterocycles. The van der Waals surface area contributed by atoms with Crippen molar-refractivity contribution in [2.24, 2.45) is 5.73 Å². The number of ether oxygens (including phenoxy) is 2. The van der Waals surface area contributed by atoms with Crippen LogP contribution < -0.4 is 15.9 Å². The van der Waals surface area contributed by atoms with Gasteiger partial charge in [-0.2, -0.15) is 0 Å². The summed E-state index contributed by atoms with van der Waals surface area (Å²) < 4.78 is 16.7. The third-order valence-corrected chi connectivity index (χ3v) is 3.53. The summed E-state index contributed by atoms with van der Waals surface area (Å²) in [5.74, 6) is 1.27. The molecule has 3 aromatic rings. The number of para-hydroxylation sites is 1. The van der Waals surface area contributed by atoms with Crippen molar-refractivity contribution >= 4 is 11.0 Å². The van der Waals surface area contributed by atoms with Crippen LogP contribution in [-0.4, -0.2) is 26.4 Å². The average Bonchev–Trinajstić information content (AvgIpc) is 2.62. The van der Waals surface area contributed by atoms with Gasteiger partial charge in [0.15, 0.2) is 5.43 Å². The molecule has 2 aromatic carbocycles. The van der Waals surface area contributed by atoms with E-state index in [2.05, 4.69) is 0 Å². The first-order valence-corrected chi connectivity index (χ1v) is 7.82. The van der Waals surface area contributed by atoms with Gasteiger partial charge in [-0.3, -0.25) is 4.79 Å². The molecule has 0 radical (unpaired) electrons. The highest BCUT2D eigenvalue weighted by molar-refractivity contribution is 5.78. The molecule has 0 atom stereocenters. The Labute approximate surface area is 139 Å². The van der Waals surface area contributed by atoms with Crippen molar-refractivity contribution in [1.82, 2.24) is 0 Å². The predicted molar refractivity (Wildman–Crippen MR) is 93.3 cm³/mol. The molecule has 3 rings (SSSR count). The molecule has 0 amide bonds. The Morgan fingerprint density at radius 3 is 2.54 bits per heavy atom. The van der Waals surface area contributed by atoms with Gasteiger partial charge in [-0.1, -0.05) is 12.1 Å². The van der Waals surface area contributed by atoms with Gasteiger partial charge in [0.2, 0.25) is 0 Å². The van der Waals surface area contributed by atoms with E-state index in [0.29, 0.717) is 43.1 Å². The summed E-state index contributed by atoms with van der Waals surface area (Å²) in [4.78, 5) is 12.2. The molecule has 0 unspecified atom stereocenters. The first kappa shape index (κ1) is 16.2. The molecule has 2 N–H and O–H groups in total. The minimum Gasteiger partial charge on any atom is -0.491 e. The monoisotopic (exact) mass is 325 g/mol. The molecular formula is C19H19NO4. The number of benzene rings is 2. The molecule has 5 heteroatoms. The molecule has 24 heavy (non-hydrogen) atoms. The van der Waals surface area contributed by atoms with E-state index >= 15 is 0 Å². The summed E-state index contributed by atoms with van der Waals surface area (Å²) in [6.07, 6.45) is 0. The van der Waals surface area contributed by atoms with Gasteiger partial charge < -0.3 is 19.6 Å². The summed E-state index contributed by atoms with van der Waals surface area (Å²) in [6, 6.07) is 16.1. The summed E-state index contributed by atoms with van der Waals surface area (Å²) in [5, 5.41) is 0.582. The maximum absolute atomic E-state index is 12.2. The van der Waals surface area contributed by atoms with Crippen LogP contribution in [0.1, 0.15) is 0 Å². The lowest BCUT2D eigenvalue weighted by molar-refractivity contribution is 0.106. The van der Waals surface area contributed by atoms with Gasteiger partial charge in [0.1, 0.15) is 23.7 Å². The van der Waals surface area contributed by atoms with Crippen molar-refractivity contribution < 1.29 is 13.9 Å². The van der Waals surface area contributed by atoms with Crippen molar-refractivity contribution in [2.75, 3.05) is 26.4 Å². The second-order valence-electron chi connectivity index (χ2n) is 5.24. The van der Waals surface area contributed by atoms with Crippen LogP contribution >= 0.6 is 0 Å². The first-order chi connectivity index (χ1) is 11.8. The predicted octanol–water partition coefficient (Wildman–Crippen LogP) is 2.81. The molecular weight excluding hydrogens is 306 g/mol. The lowest BCUT2D eigenvalue weighted by atomic mass is 10.1. The van der Waals surface area contributed by atoms with E-state index < -0.39 is 0 Å². The van der Waals surface area contributed by atoms with Crippen molar-refractivity contribution in [3.8, 4) is 17.1 Å². The molecule has 0 bridgehead atoms. The van der Waals surface area contributed by atoms with Crippen molar-refractivity contribution in [3.05, 3.63) is 64.8 Å². The van der Waals surface area contributed by atoms with Crippen LogP contribution in [0.25, 0.3) is 22.3 Å². The van der Waals surface area contributed by atoms with E-state index in [1.165, 1.54) is 6.07 Å². The van der Waals surface area contributed by atoms with Crippen LogP contribution in [0.4, 0.5) is 0 Å². The van der Waals surface area contributed by atoms with Crippen molar-refractivity contribution in [2.45, 2.75) is 0 Å². The van der Waals surface area contributed by atoms with Crippen molar-refractivity contribution in [1.29, 1.82) is 0 Å². The van der Waals surface area contributed by atoms with E-state index in [0.717, 1.165) is 11.3 Å². The molecule has 0 saturated heterocycles. The minimum absolute atomic E-state index is 0.0516. The largest absolute Gasteiger partial charge is 0.491 e. The highest BCUT2D eigenvalue weighted by Crippen LogP contribution is 2.24. The number of nitrogens with two attached hydrogens (primary N) is 1. The summed E-state index contributed by atoms with van der Waals surface area (Å²) in [6.45, 7) is 2.00. The fourth-order valence-electron chi connectivity index (χ4n) is 2.37. The molecule has 124 valence electrons. The second kappa shape index (κ2) is 7.77. The minimum atomic E-state index is -0.0516. The van der Waals surface area contributed by atoms with Crippen LogP contribution in [0.15, 0.2) is 63.8 Å².